The molecular formula is C12H22O3. The molecular weight excluding hydrogens is 192 g/mol. The number of rotatable bonds is 3. The third-order valence-electron chi connectivity index (χ3n) is 3.09. The van der Waals surface area contributed by atoms with Crippen molar-refractivity contribution in [1.29, 1.82) is 0 Å². The van der Waals surface area contributed by atoms with Crippen molar-refractivity contribution in [2.45, 2.75) is 59.2 Å². The van der Waals surface area contributed by atoms with E-state index in [4.69, 9.17) is 9.47 Å². The number of ether oxygens (including phenoxy) is 2. The van der Waals surface area contributed by atoms with Gasteiger partial charge in [0, 0.05) is 6.42 Å². The lowest BCUT2D eigenvalue weighted by molar-refractivity contribution is -0.159. The predicted octanol–water partition coefficient (Wildman–Crippen LogP) is 2.53. The molecule has 3 nitrogen and oxygen atoms in total. The molecule has 0 aromatic rings. The highest BCUT2D eigenvalue weighted by Crippen LogP contribution is 2.29. The summed E-state index contributed by atoms with van der Waals surface area (Å²) in [6.45, 7) is 10.4. The van der Waals surface area contributed by atoms with Gasteiger partial charge in [0.2, 0.25) is 0 Å². The van der Waals surface area contributed by atoms with Gasteiger partial charge in [0.05, 0.1) is 17.6 Å². The van der Waals surface area contributed by atoms with E-state index >= 15 is 0 Å². The molecule has 1 aliphatic rings. The molecule has 0 aliphatic carbocycles. The molecule has 1 aliphatic heterocycles. The predicted molar refractivity (Wildman–Crippen MR) is 58.6 cm³/mol. The Bertz CT molecular complexity index is 243. The summed E-state index contributed by atoms with van der Waals surface area (Å²) in [7, 11) is 0. The van der Waals surface area contributed by atoms with Crippen molar-refractivity contribution in [2.24, 2.45) is 5.41 Å². The van der Waals surface area contributed by atoms with Gasteiger partial charge in [0.25, 0.3) is 0 Å². The molecule has 1 rings (SSSR count). The molecule has 1 unspecified atom stereocenters. The van der Waals surface area contributed by atoms with Crippen molar-refractivity contribution in [3.63, 3.8) is 0 Å². The van der Waals surface area contributed by atoms with Crippen molar-refractivity contribution in [3.8, 4) is 0 Å². The molecule has 1 saturated heterocycles. The number of hydrogen-bond acceptors (Lipinski definition) is 3. The lowest BCUT2D eigenvalue weighted by Crippen LogP contribution is -2.30. The molecule has 0 spiro atoms. The van der Waals surface area contributed by atoms with Crippen LogP contribution >= 0.6 is 0 Å². The molecule has 1 heterocycles. The third kappa shape index (κ3) is 3.20. The zero-order valence-corrected chi connectivity index (χ0v) is 10.4. The molecule has 0 N–H and O–H groups in total. The van der Waals surface area contributed by atoms with Gasteiger partial charge in [0.15, 0.2) is 0 Å². The first-order chi connectivity index (χ1) is 6.77. The summed E-state index contributed by atoms with van der Waals surface area (Å²) in [5.41, 5.74) is -0.534. The molecule has 0 radical (unpaired) electrons. The van der Waals surface area contributed by atoms with Crippen LogP contribution in [0.15, 0.2) is 0 Å². The van der Waals surface area contributed by atoms with Crippen LogP contribution in [0.3, 0.4) is 0 Å². The van der Waals surface area contributed by atoms with E-state index in [2.05, 4.69) is 0 Å². The third-order valence-corrected chi connectivity index (χ3v) is 3.09. The Labute approximate surface area is 92.1 Å². The van der Waals surface area contributed by atoms with E-state index in [1.54, 1.807) is 0 Å². The molecule has 15 heavy (non-hydrogen) atoms. The fourth-order valence-corrected chi connectivity index (χ4v) is 1.52. The summed E-state index contributed by atoms with van der Waals surface area (Å²) < 4.78 is 11.0. The number of carbonyl (C=O) groups is 1. The second-order valence-corrected chi connectivity index (χ2v) is 5.54. The van der Waals surface area contributed by atoms with Gasteiger partial charge in [0.1, 0.15) is 6.10 Å². The van der Waals surface area contributed by atoms with Gasteiger partial charge in [-0.2, -0.15) is 0 Å². The summed E-state index contributed by atoms with van der Waals surface area (Å²) in [5, 5.41) is 0. The Morgan fingerprint density at radius 3 is 2.53 bits per heavy atom. The maximum absolute atomic E-state index is 11.8. The Hall–Kier alpha value is -0.570. The lowest BCUT2D eigenvalue weighted by Gasteiger charge is -2.23. The minimum atomic E-state index is -0.382. The van der Waals surface area contributed by atoms with Gasteiger partial charge in [-0.25, -0.2) is 0 Å². The van der Waals surface area contributed by atoms with E-state index < -0.39 is 0 Å². The van der Waals surface area contributed by atoms with Gasteiger partial charge in [-0.3, -0.25) is 4.79 Å². The second-order valence-electron chi connectivity index (χ2n) is 5.54. The summed E-state index contributed by atoms with van der Waals surface area (Å²) in [6.07, 6.45) is 1.51. The average Bonchev–Trinajstić information content (AvgIpc) is 2.45. The molecule has 0 aromatic heterocycles. The smallest absolute Gasteiger partial charge is 0.311 e. The second kappa shape index (κ2) is 4.12. The van der Waals surface area contributed by atoms with Crippen LogP contribution in [0, 0.1) is 5.41 Å². The van der Waals surface area contributed by atoms with Crippen LogP contribution in [-0.2, 0) is 14.3 Å². The molecule has 1 atom stereocenters. The van der Waals surface area contributed by atoms with E-state index in [1.807, 2.05) is 34.6 Å². The molecule has 88 valence electrons. The fourth-order valence-electron chi connectivity index (χ4n) is 1.52. The normalized spacial score (nSPS) is 25.3. The van der Waals surface area contributed by atoms with Gasteiger partial charge >= 0.3 is 5.97 Å². The highest BCUT2D eigenvalue weighted by molar-refractivity contribution is 5.76. The summed E-state index contributed by atoms with van der Waals surface area (Å²) in [6, 6.07) is 0. The standard InChI is InChI=1S/C12H22O3/c1-6-11(2,3)10(13)15-9-7-12(4,5)14-8-9/h9H,6-8H2,1-5H3. The monoisotopic (exact) mass is 214 g/mol. The number of esters is 1. The van der Waals surface area contributed by atoms with Crippen molar-refractivity contribution < 1.29 is 14.3 Å². The molecule has 0 bridgehead atoms. The maximum atomic E-state index is 11.8. The zero-order chi connectivity index (χ0) is 11.7. The van der Waals surface area contributed by atoms with E-state index in [-0.39, 0.29) is 23.1 Å². The lowest BCUT2D eigenvalue weighted by atomic mass is 9.90. The Morgan fingerprint density at radius 2 is 2.13 bits per heavy atom. The fraction of sp³-hybridized carbons (Fsp3) is 0.917. The highest BCUT2D eigenvalue weighted by Gasteiger charge is 2.37. The number of carbonyl (C=O) groups excluding carboxylic acids is 1. The quantitative estimate of drug-likeness (QED) is 0.677. The molecule has 1 fully saturated rings. The summed E-state index contributed by atoms with van der Waals surface area (Å²) in [4.78, 5) is 11.8. The first-order valence-corrected chi connectivity index (χ1v) is 5.62. The Morgan fingerprint density at radius 1 is 1.53 bits per heavy atom. The Balaban J connectivity index is 2.47. The molecule has 0 saturated carbocycles. The van der Waals surface area contributed by atoms with E-state index in [1.165, 1.54) is 0 Å². The van der Waals surface area contributed by atoms with Crippen molar-refractivity contribution in [1.82, 2.24) is 0 Å². The van der Waals surface area contributed by atoms with Crippen molar-refractivity contribution >= 4 is 5.97 Å². The molecule has 0 aromatic carbocycles. The van der Waals surface area contributed by atoms with Crippen LogP contribution in [0.25, 0.3) is 0 Å². The molecule has 3 heteroatoms. The van der Waals surface area contributed by atoms with Crippen molar-refractivity contribution in [2.75, 3.05) is 6.61 Å². The topological polar surface area (TPSA) is 35.5 Å². The van der Waals surface area contributed by atoms with Crippen LogP contribution in [-0.4, -0.2) is 24.3 Å². The maximum Gasteiger partial charge on any atom is 0.311 e. The largest absolute Gasteiger partial charge is 0.459 e. The van der Waals surface area contributed by atoms with Crippen LogP contribution in [0.4, 0.5) is 0 Å². The number of hydrogen-bond donors (Lipinski definition) is 0. The van der Waals surface area contributed by atoms with Crippen LogP contribution in [0.2, 0.25) is 0 Å². The van der Waals surface area contributed by atoms with Crippen LogP contribution < -0.4 is 0 Å². The highest BCUT2D eigenvalue weighted by atomic mass is 16.6. The summed E-state index contributed by atoms with van der Waals surface area (Å²) >= 11 is 0. The van der Waals surface area contributed by atoms with Gasteiger partial charge in [-0.1, -0.05) is 6.92 Å². The van der Waals surface area contributed by atoms with Gasteiger partial charge < -0.3 is 9.47 Å². The minimum absolute atomic E-state index is 0.0710. The van der Waals surface area contributed by atoms with Crippen LogP contribution in [0.5, 0.6) is 0 Å². The van der Waals surface area contributed by atoms with E-state index in [0.29, 0.717) is 6.61 Å². The zero-order valence-electron chi connectivity index (χ0n) is 10.4. The first kappa shape index (κ1) is 12.5. The van der Waals surface area contributed by atoms with Crippen LogP contribution in [0.1, 0.15) is 47.5 Å². The van der Waals surface area contributed by atoms with E-state index in [9.17, 15) is 4.79 Å². The SMILES string of the molecule is CCC(C)(C)C(=O)OC1COC(C)(C)C1. The van der Waals surface area contributed by atoms with Gasteiger partial charge in [-0.05, 0) is 34.1 Å². The average molecular weight is 214 g/mol. The first-order valence-electron chi connectivity index (χ1n) is 5.62. The van der Waals surface area contributed by atoms with Gasteiger partial charge in [-0.15, -0.1) is 0 Å². The van der Waals surface area contributed by atoms with Crippen molar-refractivity contribution in [3.05, 3.63) is 0 Å². The molecule has 0 amide bonds. The summed E-state index contributed by atoms with van der Waals surface area (Å²) in [5.74, 6) is -0.115. The van der Waals surface area contributed by atoms with E-state index in [0.717, 1.165) is 12.8 Å². The minimum Gasteiger partial charge on any atom is -0.459 e. The Kier molecular flexibility index (Phi) is 3.44.